The summed E-state index contributed by atoms with van der Waals surface area (Å²) >= 11 is 0. The number of halogens is 1. The molecule has 1 amide bonds. The van der Waals surface area contributed by atoms with Crippen molar-refractivity contribution in [2.75, 3.05) is 6.61 Å². The van der Waals surface area contributed by atoms with Crippen LogP contribution >= 0.6 is 0 Å². The number of benzene rings is 1. The van der Waals surface area contributed by atoms with Gasteiger partial charge in [0.15, 0.2) is 6.61 Å². The number of hydrogen-bond donors (Lipinski definition) is 2. The van der Waals surface area contributed by atoms with Gasteiger partial charge in [-0.1, -0.05) is 0 Å². The van der Waals surface area contributed by atoms with Gasteiger partial charge in [-0.3, -0.25) is 4.79 Å². The lowest BCUT2D eigenvalue weighted by Crippen LogP contribution is -2.28. The Morgan fingerprint density at radius 3 is 2.72 bits per heavy atom. The van der Waals surface area contributed by atoms with Crippen LogP contribution in [0.25, 0.3) is 0 Å². The number of amides is 1. The summed E-state index contributed by atoms with van der Waals surface area (Å²) in [5, 5.41) is 2.70. The van der Waals surface area contributed by atoms with Crippen LogP contribution in [0.15, 0.2) is 42.6 Å². The van der Waals surface area contributed by atoms with Gasteiger partial charge in [-0.05, 0) is 36.4 Å². The zero-order valence-corrected chi connectivity index (χ0v) is 9.65. The Hall–Kier alpha value is -2.30. The van der Waals surface area contributed by atoms with Crippen molar-refractivity contribution in [3.8, 4) is 5.75 Å². The minimum absolute atomic E-state index is 0.0909. The van der Waals surface area contributed by atoms with E-state index in [1.54, 1.807) is 6.20 Å². The number of carbonyl (C=O) groups is 1. The molecule has 0 saturated heterocycles. The molecule has 1 aromatic heterocycles. The van der Waals surface area contributed by atoms with Crippen LogP contribution in [0.5, 0.6) is 5.75 Å². The van der Waals surface area contributed by atoms with Crippen LogP contribution in [-0.4, -0.2) is 17.5 Å². The molecule has 2 rings (SSSR count). The van der Waals surface area contributed by atoms with Crippen molar-refractivity contribution in [3.05, 3.63) is 54.1 Å². The third-order valence-electron chi connectivity index (χ3n) is 2.32. The topological polar surface area (TPSA) is 54.1 Å². The van der Waals surface area contributed by atoms with E-state index in [-0.39, 0.29) is 18.3 Å². The smallest absolute Gasteiger partial charge is 0.258 e. The normalized spacial score (nSPS) is 10.1. The molecule has 0 fully saturated rings. The molecule has 0 aliphatic carbocycles. The first-order chi connectivity index (χ1) is 8.74. The predicted octanol–water partition coefficient (Wildman–Crippen LogP) is 1.85. The van der Waals surface area contributed by atoms with Crippen LogP contribution in [0.4, 0.5) is 4.39 Å². The number of aromatic nitrogens is 1. The number of rotatable bonds is 5. The van der Waals surface area contributed by atoms with Crippen molar-refractivity contribution in [1.29, 1.82) is 0 Å². The molecular formula is C13H13FN2O2. The van der Waals surface area contributed by atoms with Crippen LogP contribution in [0.3, 0.4) is 0 Å². The highest BCUT2D eigenvalue weighted by molar-refractivity contribution is 5.77. The van der Waals surface area contributed by atoms with Crippen molar-refractivity contribution >= 4 is 5.91 Å². The SMILES string of the molecule is O=C(COc1ccc(F)cc1)NCc1ccc[nH]1. The molecule has 4 nitrogen and oxygen atoms in total. The highest BCUT2D eigenvalue weighted by Crippen LogP contribution is 2.10. The molecule has 0 atom stereocenters. The molecule has 2 N–H and O–H groups in total. The van der Waals surface area contributed by atoms with E-state index < -0.39 is 0 Å². The third kappa shape index (κ3) is 3.62. The highest BCUT2D eigenvalue weighted by atomic mass is 19.1. The molecule has 94 valence electrons. The van der Waals surface area contributed by atoms with Crippen LogP contribution in [0.1, 0.15) is 5.69 Å². The van der Waals surface area contributed by atoms with Crippen LogP contribution in [0, 0.1) is 5.82 Å². The van der Waals surface area contributed by atoms with Gasteiger partial charge in [-0.2, -0.15) is 0 Å². The summed E-state index contributed by atoms with van der Waals surface area (Å²) in [6.45, 7) is 0.338. The minimum Gasteiger partial charge on any atom is -0.484 e. The summed E-state index contributed by atoms with van der Waals surface area (Å²) < 4.78 is 17.8. The van der Waals surface area contributed by atoms with Crippen molar-refractivity contribution in [2.24, 2.45) is 0 Å². The number of carbonyl (C=O) groups excluding carboxylic acids is 1. The number of ether oxygens (including phenoxy) is 1. The first-order valence-corrected chi connectivity index (χ1v) is 5.51. The van der Waals surface area contributed by atoms with Crippen molar-refractivity contribution in [1.82, 2.24) is 10.3 Å². The number of hydrogen-bond acceptors (Lipinski definition) is 2. The lowest BCUT2D eigenvalue weighted by Gasteiger charge is -2.06. The van der Waals surface area contributed by atoms with E-state index in [2.05, 4.69) is 10.3 Å². The summed E-state index contributed by atoms with van der Waals surface area (Å²) in [5.74, 6) is -0.0982. The summed E-state index contributed by atoms with van der Waals surface area (Å²) in [6, 6.07) is 9.26. The Kier molecular flexibility index (Phi) is 3.96. The highest BCUT2D eigenvalue weighted by Gasteiger charge is 2.03. The molecular weight excluding hydrogens is 235 g/mol. The van der Waals surface area contributed by atoms with Gasteiger partial charge in [0.25, 0.3) is 5.91 Å². The van der Waals surface area contributed by atoms with Gasteiger partial charge in [-0.25, -0.2) is 4.39 Å². The molecule has 0 aliphatic heterocycles. The van der Waals surface area contributed by atoms with Crippen molar-refractivity contribution in [2.45, 2.75) is 6.54 Å². The zero-order valence-electron chi connectivity index (χ0n) is 9.65. The van der Waals surface area contributed by atoms with E-state index >= 15 is 0 Å². The summed E-state index contributed by atoms with van der Waals surface area (Å²) in [5.41, 5.74) is 0.921. The van der Waals surface area contributed by atoms with Crippen LogP contribution in [0.2, 0.25) is 0 Å². The number of aromatic amines is 1. The molecule has 0 saturated carbocycles. The van der Waals surface area contributed by atoms with Crippen LogP contribution < -0.4 is 10.1 Å². The Morgan fingerprint density at radius 1 is 1.28 bits per heavy atom. The molecule has 2 aromatic rings. The maximum atomic E-state index is 12.6. The van der Waals surface area contributed by atoms with Gasteiger partial charge < -0.3 is 15.0 Å². The van der Waals surface area contributed by atoms with Crippen LogP contribution in [-0.2, 0) is 11.3 Å². The standard InChI is InChI=1S/C13H13FN2O2/c14-10-3-5-12(6-4-10)18-9-13(17)16-8-11-2-1-7-15-11/h1-7,15H,8-9H2,(H,16,17). The second-order valence-electron chi connectivity index (χ2n) is 3.71. The zero-order chi connectivity index (χ0) is 12.8. The fraction of sp³-hybridized carbons (Fsp3) is 0.154. The predicted molar refractivity (Wildman–Crippen MR) is 64.5 cm³/mol. The number of nitrogens with one attached hydrogen (secondary N) is 2. The Labute approximate surface area is 104 Å². The molecule has 0 radical (unpaired) electrons. The largest absolute Gasteiger partial charge is 0.484 e. The Bertz CT molecular complexity index is 494. The van der Waals surface area contributed by atoms with E-state index in [9.17, 15) is 9.18 Å². The van der Waals surface area contributed by atoms with Gasteiger partial charge in [0.05, 0.1) is 6.54 Å². The Balaban J connectivity index is 1.73. The van der Waals surface area contributed by atoms with E-state index in [1.165, 1.54) is 24.3 Å². The molecule has 0 aliphatic rings. The fourth-order valence-electron chi connectivity index (χ4n) is 1.40. The van der Waals surface area contributed by atoms with Gasteiger partial charge >= 0.3 is 0 Å². The van der Waals surface area contributed by atoms with Crippen molar-refractivity contribution in [3.63, 3.8) is 0 Å². The second-order valence-corrected chi connectivity index (χ2v) is 3.71. The van der Waals surface area contributed by atoms with Gasteiger partial charge in [0, 0.05) is 11.9 Å². The quantitative estimate of drug-likeness (QED) is 0.848. The molecule has 1 heterocycles. The Morgan fingerprint density at radius 2 is 2.06 bits per heavy atom. The fourth-order valence-corrected chi connectivity index (χ4v) is 1.40. The average molecular weight is 248 g/mol. The monoisotopic (exact) mass is 248 g/mol. The van der Waals surface area contributed by atoms with E-state index in [0.29, 0.717) is 12.3 Å². The van der Waals surface area contributed by atoms with Crippen molar-refractivity contribution < 1.29 is 13.9 Å². The molecule has 0 spiro atoms. The maximum Gasteiger partial charge on any atom is 0.258 e. The molecule has 5 heteroatoms. The molecule has 1 aromatic carbocycles. The minimum atomic E-state index is -0.335. The summed E-state index contributed by atoms with van der Waals surface area (Å²) in [6.07, 6.45) is 1.79. The van der Waals surface area contributed by atoms with Gasteiger partial charge in [-0.15, -0.1) is 0 Å². The lowest BCUT2D eigenvalue weighted by atomic mass is 10.3. The molecule has 0 bridgehead atoms. The summed E-state index contributed by atoms with van der Waals surface area (Å²) in [4.78, 5) is 14.4. The summed E-state index contributed by atoms with van der Waals surface area (Å²) in [7, 11) is 0. The second kappa shape index (κ2) is 5.86. The number of H-pyrrole nitrogens is 1. The first kappa shape index (κ1) is 12.2. The van der Waals surface area contributed by atoms with E-state index in [1.807, 2.05) is 12.1 Å². The van der Waals surface area contributed by atoms with Gasteiger partial charge in [0.2, 0.25) is 0 Å². The lowest BCUT2D eigenvalue weighted by molar-refractivity contribution is -0.123. The van der Waals surface area contributed by atoms with E-state index in [4.69, 9.17) is 4.74 Å². The van der Waals surface area contributed by atoms with Gasteiger partial charge in [0.1, 0.15) is 11.6 Å². The average Bonchev–Trinajstić information content (AvgIpc) is 2.89. The first-order valence-electron chi connectivity index (χ1n) is 5.51. The molecule has 18 heavy (non-hydrogen) atoms. The maximum absolute atomic E-state index is 12.6. The van der Waals surface area contributed by atoms with E-state index in [0.717, 1.165) is 5.69 Å². The molecule has 0 unspecified atom stereocenters. The third-order valence-corrected chi connectivity index (χ3v) is 2.32.